The summed E-state index contributed by atoms with van der Waals surface area (Å²) >= 11 is 11.3. The van der Waals surface area contributed by atoms with Gasteiger partial charge in [0.2, 0.25) is 0 Å². The first-order chi connectivity index (χ1) is 9.66. The number of benzene rings is 1. The number of imidazole rings is 1. The fourth-order valence-electron chi connectivity index (χ4n) is 1.79. The van der Waals surface area contributed by atoms with Gasteiger partial charge in [0, 0.05) is 36.2 Å². The van der Waals surface area contributed by atoms with Gasteiger partial charge in [-0.1, -0.05) is 17.7 Å². The number of aryl methyl sites for hydroxylation is 1. The lowest BCUT2D eigenvalue weighted by Gasteiger charge is -2.13. The zero-order chi connectivity index (χ0) is 14.4. The summed E-state index contributed by atoms with van der Waals surface area (Å²) in [6, 6.07) is 5.73. The van der Waals surface area contributed by atoms with Crippen LogP contribution in [0.5, 0.6) is 0 Å². The summed E-state index contributed by atoms with van der Waals surface area (Å²) in [5, 5.41) is 7.69. The van der Waals surface area contributed by atoms with E-state index in [1.54, 1.807) is 6.20 Å². The summed E-state index contributed by atoms with van der Waals surface area (Å²) < 4.78 is 2.04. The van der Waals surface area contributed by atoms with Gasteiger partial charge in [-0.15, -0.1) is 0 Å². The van der Waals surface area contributed by atoms with E-state index < -0.39 is 0 Å². The van der Waals surface area contributed by atoms with E-state index in [-0.39, 0.29) is 0 Å². The monoisotopic (exact) mass is 308 g/mol. The fourth-order valence-corrected chi connectivity index (χ4v) is 2.18. The van der Waals surface area contributed by atoms with Crippen LogP contribution in [0.15, 0.2) is 36.9 Å². The Morgan fingerprint density at radius 3 is 3.05 bits per heavy atom. The van der Waals surface area contributed by atoms with Crippen LogP contribution in [-0.2, 0) is 6.54 Å². The van der Waals surface area contributed by atoms with Crippen LogP contribution in [0.1, 0.15) is 12.0 Å². The first-order valence-corrected chi connectivity index (χ1v) is 7.21. The molecule has 1 aromatic carbocycles. The minimum atomic E-state index is 0.612. The highest BCUT2D eigenvalue weighted by Gasteiger charge is 2.03. The lowest BCUT2D eigenvalue weighted by Crippen LogP contribution is -2.30. The van der Waals surface area contributed by atoms with Crippen LogP contribution < -0.4 is 10.6 Å². The topological polar surface area (TPSA) is 41.9 Å². The molecule has 0 unspecified atom stereocenters. The fraction of sp³-hybridized carbons (Fsp3) is 0.286. The van der Waals surface area contributed by atoms with Gasteiger partial charge in [-0.25, -0.2) is 4.98 Å². The van der Waals surface area contributed by atoms with E-state index >= 15 is 0 Å². The number of halogens is 1. The van der Waals surface area contributed by atoms with Crippen molar-refractivity contribution in [3.63, 3.8) is 0 Å². The molecule has 0 aliphatic heterocycles. The molecular weight excluding hydrogens is 292 g/mol. The lowest BCUT2D eigenvalue weighted by atomic mass is 10.2. The first-order valence-electron chi connectivity index (χ1n) is 6.42. The Balaban J connectivity index is 1.74. The number of nitrogens with zero attached hydrogens (tertiary/aromatic N) is 2. The van der Waals surface area contributed by atoms with Crippen LogP contribution in [0.3, 0.4) is 0 Å². The number of hydrogen-bond donors (Lipinski definition) is 2. The number of anilines is 1. The van der Waals surface area contributed by atoms with Gasteiger partial charge in [0.15, 0.2) is 5.11 Å². The molecule has 0 bridgehead atoms. The molecule has 0 aliphatic carbocycles. The average Bonchev–Trinajstić information content (AvgIpc) is 2.93. The van der Waals surface area contributed by atoms with Crippen LogP contribution in [0.4, 0.5) is 5.69 Å². The maximum absolute atomic E-state index is 6.07. The standard InChI is InChI=1S/C14H17ClN4S/c1-11-12(15)4-2-5-13(11)18-14(20)17-6-3-8-19-9-7-16-10-19/h2,4-5,7,9-10H,3,6,8H2,1H3,(H2,17,18,20). The average molecular weight is 309 g/mol. The number of nitrogens with one attached hydrogen (secondary N) is 2. The molecule has 0 radical (unpaired) electrons. The molecule has 0 saturated heterocycles. The van der Waals surface area contributed by atoms with Crippen molar-refractivity contribution in [2.24, 2.45) is 0 Å². The van der Waals surface area contributed by atoms with E-state index in [0.717, 1.165) is 35.8 Å². The molecule has 2 rings (SSSR count). The Morgan fingerprint density at radius 1 is 1.45 bits per heavy atom. The van der Waals surface area contributed by atoms with E-state index in [0.29, 0.717) is 5.11 Å². The molecule has 1 heterocycles. The van der Waals surface area contributed by atoms with E-state index in [1.807, 2.05) is 42.2 Å². The predicted molar refractivity (Wildman–Crippen MR) is 87.3 cm³/mol. The zero-order valence-corrected chi connectivity index (χ0v) is 12.8. The van der Waals surface area contributed by atoms with Gasteiger partial charge in [-0.3, -0.25) is 0 Å². The molecule has 0 amide bonds. The van der Waals surface area contributed by atoms with Crippen LogP contribution >= 0.6 is 23.8 Å². The molecule has 0 atom stereocenters. The van der Waals surface area contributed by atoms with Crippen molar-refractivity contribution >= 4 is 34.6 Å². The third-order valence-corrected chi connectivity index (χ3v) is 3.61. The van der Waals surface area contributed by atoms with E-state index in [1.165, 1.54) is 0 Å². The highest BCUT2D eigenvalue weighted by molar-refractivity contribution is 7.80. The number of aromatic nitrogens is 2. The van der Waals surface area contributed by atoms with Gasteiger partial charge in [-0.05, 0) is 43.3 Å². The Hall–Kier alpha value is -1.59. The Kier molecular flexibility index (Phi) is 5.38. The Labute approximate surface area is 129 Å². The largest absolute Gasteiger partial charge is 0.362 e. The number of thiocarbonyl (C=S) groups is 1. The van der Waals surface area contributed by atoms with Crippen molar-refractivity contribution in [1.29, 1.82) is 0 Å². The molecule has 6 heteroatoms. The minimum Gasteiger partial charge on any atom is -0.362 e. The molecule has 0 saturated carbocycles. The SMILES string of the molecule is Cc1c(Cl)cccc1NC(=S)NCCCn1ccnc1. The molecule has 20 heavy (non-hydrogen) atoms. The number of rotatable bonds is 5. The number of hydrogen-bond acceptors (Lipinski definition) is 2. The maximum Gasteiger partial charge on any atom is 0.170 e. The highest BCUT2D eigenvalue weighted by atomic mass is 35.5. The van der Waals surface area contributed by atoms with E-state index in [2.05, 4.69) is 15.6 Å². The van der Waals surface area contributed by atoms with Gasteiger partial charge >= 0.3 is 0 Å². The third kappa shape index (κ3) is 4.21. The van der Waals surface area contributed by atoms with E-state index in [4.69, 9.17) is 23.8 Å². The Morgan fingerprint density at radius 2 is 2.30 bits per heavy atom. The van der Waals surface area contributed by atoms with Gasteiger partial charge in [0.05, 0.1) is 6.33 Å². The quantitative estimate of drug-likeness (QED) is 0.657. The third-order valence-electron chi connectivity index (χ3n) is 2.95. The second-order valence-electron chi connectivity index (χ2n) is 4.45. The maximum atomic E-state index is 6.07. The first kappa shape index (κ1) is 14.8. The summed E-state index contributed by atoms with van der Waals surface area (Å²) in [7, 11) is 0. The lowest BCUT2D eigenvalue weighted by molar-refractivity contribution is 0.632. The normalized spacial score (nSPS) is 10.3. The molecule has 1 aromatic heterocycles. The molecule has 0 spiro atoms. The van der Waals surface area contributed by atoms with Gasteiger partial charge < -0.3 is 15.2 Å². The van der Waals surface area contributed by atoms with Crippen LogP contribution in [-0.4, -0.2) is 21.2 Å². The van der Waals surface area contributed by atoms with Crippen LogP contribution in [0, 0.1) is 6.92 Å². The van der Waals surface area contributed by atoms with Crippen molar-refractivity contribution < 1.29 is 0 Å². The molecule has 4 nitrogen and oxygen atoms in total. The molecular formula is C14H17ClN4S. The van der Waals surface area contributed by atoms with Crippen molar-refractivity contribution in [2.75, 3.05) is 11.9 Å². The highest BCUT2D eigenvalue weighted by Crippen LogP contribution is 2.22. The molecule has 2 N–H and O–H groups in total. The second-order valence-corrected chi connectivity index (χ2v) is 5.26. The minimum absolute atomic E-state index is 0.612. The molecule has 0 aliphatic rings. The van der Waals surface area contributed by atoms with Gasteiger partial charge in [0.1, 0.15) is 0 Å². The summed E-state index contributed by atoms with van der Waals surface area (Å²) in [5.41, 5.74) is 1.93. The van der Waals surface area contributed by atoms with E-state index in [9.17, 15) is 0 Å². The summed E-state index contributed by atoms with van der Waals surface area (Å²) in [6.45, 7) is 3.70. The van der Waals surface area contributed by atoms with Crippen molar-refractivity contribution in [1.82, 2.24) is 14.9 Å². The van der Waals surface area contributed by atoms with Crippen LogP contribution in [0.25, 0.3) is 0 Å². The summed E-state index contributed by atoms with van der Waals surface area (Å²) in [5.74, 6) is 0. The zero-order valence-electron chi connectivity index (χ0n) is 11.3. The van der Waals surface area contributed by atoms with Crippen molar-refractivity contribution in [3.8, 4) is 0 Å². The van der Waals surface area contributed by atoms with Crippen molar-refractivity contribution in [2.45, 2.75) is 19.9 Å². The smallest absolute Gasteiger partial charge is 0.170 e. The van der Waals surface area contributed by atoms with Crippen molar-refractivity contribution in [3.05, 3.63) is 47.5 Å². The molecule has 106 valence electrons. The van der Waals surface area contributed by atoms with Crippen LogP contribution in [0.2, 0.25) is 5.02 Å². The van der Waals surface area contributed by atoms with Gasteiger partial charge in [-0.2, -0.15) is 0 Å². The summed E-state index contributed by atoms with van der Waals surface area (Å²) in [6.07, 6.45) is 6.52. The Bertz CT molecular complexity index is 569. The summed E-state index contributed by atoms with van der Waals surface area (Å²) in [4.78, 5) is 4.00. The predicted octanol–water partition coefficient (Wildman–Crippen LogP) is 3.22. The second kappa shape index (κ2) is 7.26. The molecule has 2 aromatic rings. The van der Waals surface area contributed by atoms with Gasteiger partial charge in [0.25, 0.3) is 0 Å². The molecule has 0 fully saturated rings.